The first-order chi connectivity index (χ1) is 22.6. The van der Waals surface area contributed by atoms with Gasteiger partial charge in [0.05, 0.1) is 12.2 Å². The summed E-state index contributed by atoms with van der Waals surface area (Å²) in [6, 6.07) is 0. The average Bonchev–Trinajstić information content (AvgIpc) is 3.11. The first-order valence-corrected chi connectivity index (χ1v) is 20.6. The Hall–Kier alpha value is -0.455. The SMILES string of the molecule is CCCC1CCC(C2CCC(C3CCC(O)CC3)CC2)OC1.CCCC1CCC(C2CCC(C3CCC(OB=N)CC3)CC2)OC1.[HH]. The van der Waals surface area contributed by atoms with Crippen LogP contribution in [0.5, 0.6) is 0 Å². The fourth-order valence-electron chi connectivity index (χ4n) is 11.0. The van der Waals surface area contributed by atoms with Crippen LogP contribution in [0, 0.1) is 52.7 Å². The Morgan fingerprint density at radius 2 is 0.913 bits per heavy atom. The third kappa shape index (κ3) is 11.0. The summed E-state index contributed by atoms with van der Waals surface area (Å²) in [5.74, 6) is 7.06. The normalized spacial score (nSPS) is 42.2. The summed E-state index contributed by atoms with van der Waals surface area (Å²) in [5, 5.41) is 16.8. The molecule has 46 heavy (non-hydrogen) atoms. The maximum absolute atomic E-state index is 9.68. The van der Waals surface area contributed by atoms with Crippen molar-refractivity contribution in [2.75, 3.05) is 13.2 Å². The molecule has 0 aromatic rings. The first kappa shape index (κ1) is 36.8. The van der Waals surface area contributed by atoms with Crippen LogP contribution in [-0.2, 0) is 14.1 Å². The number of rotatable bonds is 10. The molecule has 2 N–H and O–H groups in total. The van der Waals surface area contributed by atoms with Gasteiger partial charge in [0, 0.05) is 8.03 Å². The Kier molecular flexibility index (Phi) is 15.7. The van der Waals surface area contributed by atoms with Crippen LogP contribution in [0.2, 0.25) is 0 Å². The van der Waals surface area contributed by atoms with Crippen molar-refractivity contribution >= 4 is 7.27 Å². The molecule has 2 saturated heterocycles. The summed E-state index contributed by atoms with van der Waals surface area (Å²) in [5.41, 5.74) is 0. The molecule has 2 heterocycles. The fourth-order valence-corrected chi connectivity index (χ4v) is 11.0. The van der Waals surface area contributed by atoms with Gasteiger partial charge in [-0.3, -0.25) is 0 Å². The minimum Gasteiger partial charge on any atom is 0 e. The topological polar surface area (TPSA) is 71.8 Å². The van der Waals surface area contributed by atoms with E-state index < -0.39 is 0 Å². The van der Waals surface area contributed by atoms with E-state index in [4.69, 9.17) is 19.4 Å². The molecule has 0 amide bonds. The number of nitrogens with one attached hydrogen (secondary N) is 1. The van der Waals surface area contributed by atoms with Crippen molar-refractivity contribution in [3.8, 4) is 0 Å². The molecule has 0 aromatic carbocycles. The van der Waals surface area contributed by atoms with Crippen molar-refractivity contribution in [3.63, 3.8) is 0 Å². The van der Waals surface area contributed by atoms with Gasteiger partial charge in [-0.1, -0.05) is 26.7 Å². The van der Waals surface area contributed by atoms with Crippen LogP contribution in [0.25, 0.3) is 0 Å². The standard InChI is InChI=1S/C20H36BNO2.C20H36O2.H2/c1-2-3-15-4-13-20(23-14-15)18-7-5-16(6-8-18)17-9-11-19(12-10-17)24-21-22;1-2-3-15-4-13-20(22-14-15)18-7-5-16(6-8-18)17-9-11-19(21)12-10-17;/h15-20,22H,2-14H2,1H3;15-21H,2-14H2,1H3;1H. The summed E-state index contributed by atoms with van der Waals surface area (Å²) >= 11 is 0. The van der Waals surface area contributed by atoms with Gasteiger partial charge in [0.2, 0.25) is 0 Å². The molecule has 266 valence electrons. The van der Waals surface area contributed by atoms with Crippen molar-refractivity contribution in [2.24, 2.45) is 47.3 Å². The molecule has 6 rings (SSSR count). The van der Waals surface area contributed by atoms with E-state index in [1.54, 1.807) is 0 Å². The molecule has 0 radical (unpaired) electrons. The van der Waals surface area contributed by atoms with Crippen molar-refractivity contribution in [1.29, 1.82) is 5.31 Å². The monoisotopic (exact) mass is 644 g/mol. The summed E-state index contributed by atoms with van der Waals surface area (Å²) in [6.45, 7) is 6.63. The molecule has 6 fully saturated rings. The number of aliphatic hydroxyl groups is 1. The zero-order chi connectivity index (χ0) is 32.1. The Labute approximate surface area is 285 Å². The smallest absolute Gasteiger partial charge is 0 e. The van der Waals surface area contributed by atoms with Crippen molar-refractivity contribution in [3.05, 3.63) is 0 Å². The molecule has 6 aliphatic rings. The van der Waals surface area contributed by atoms with Crippen molar-refractivity contribution in [2.45, 2.75) is 192 Å². The molecule has 4 atom stereocenters. The first-order valence-electron chi connectivity index (χ1n) is 20.6. The molecule has 4 saturated carbocycles. The van der Waals surface area contributed by atoms with Crippen LogP contribution in [0.15, 0.2) is 0 Å². The quantitative estimate of drug-likeness (QED) is 0.232. The summed E-state index contributed by atoms with van der Waals surface area (Å²) in [7, 11) is 1.13. The van der Waals surface area contributed by atoms with E-state index in [-0.39, 0.29) is 7.53 Å². The minimum absolute atomic E-state index is 0. The van der Waals surface area contributed by atoms with Gasteiger partial charge in [-0.25, -0.2) is 0 Å². The van der Waals surface area contributed by atoms with Gasteiger partial charge in [-0.2, -0.15) is 0 Å². The van der Waals surface area contributed by atoms with Gasteiger partial charge in [0.25, 0.3) is 0 Å². The van der Waals surface area contributed by atoms with Crippen LogP contribution in [0.1, 0.15) is 169 Å². The van der Waals surface area contributed by atoms with E-state index in [2.05, 4.69) is 13.8 Å². The molecule has 2 aliphatic heterocycles. The van der Waals surface area contributed by atoms with Crippen molar-refractivity contribution < 1.29 is 20.7 Å². The van der Waals surface area contributed by atoms with E-state index in [0.717, 1.165) is 93.5 Å². The third-order valence-electron chi connectivity index (χ3n) is 13.9. The minimum atomic E-state index is -0.000653. The summed E-state index contributed by atoms with van der Waals surface area (Å²) < 4.78 is 17.9. The molecule has 0 aromatic heterocycles. The molecular weight excluding hydrogens is 569 g/mol. The Morgan fingerprint density at radius 1 is 0.543 bits per heavy atom. The Morgan fingerprint density at radius 3 is 1.26 bits per heavy atom. The Bertz CT molecular complexity index is 818. The molecule has 6 heteroatoms. The molecule has 0 spiro atoms. The van der Waals surface area contributed by atoms with Gasteiger partial charge >= 0.3 is 123 Å². The predicted octanol–water partition coefficient (Wildman–Crippen LogP) is 10.5. The number of hydrogen-bond donors (Lipinski definition) is 2. The van der Waals surface area contributed by atoms with E-state index in [0.29, 0.717) is 18.3 Å². The van der Waals surface area contributed by atoms with E-state index >= 15 is 0 Å². The molecule has 4 aliphatic carbocycles. The zero-order valence-electron chi connectivity index (χ0n) is 30.1. The average molecular weight is 644 g/mol. The summed E-state index contributed by atoms with van der Waals surface area (Å²) in [4.78, 5) is 0. The van der Waals surface area contributed by atoms with E-state index in [1.807, 2.05) is 0 Å². The second-order valence-corrected chi connectivity index (χ2v) is 16.9. The number of aliphatic hydroxyl groups excluding tert-OH is 1. The van der Waals surface area contributed by atoms with Gasteiger partial charge < -0.3 is 9.84 Å². The molecule has 5 nitrogen and oxygen atoms in total. The van der Waals surface area contributed by atoms with E-state index in [9.17, 15) is 5.11 Å². The van der Waals surface area contributed by atoms with Crippen LogP contribution >= 0.6 is 0 Å². The van der Waals surface area contributed by atoms with Crippen molar-refractivity contribution in [1.82, 2.24) is 0 Å². The van der Waals surface area contributed by atoms with Gasteiger partial charge in [-0.15, -0.1) is 0 Å². The summed E-state index contributed by atoms with van der Waals surface area (Å²) in [6.07, 6.45) is 33.0. The predicted molar refractivity (Wildman–Crippen MR) is 191 cm³/mol. The number of ether oxygens (including phenoxy) is 2. The third-order valence-corrected chi connectivity index (χ3v) is 13.9. The zero-order valence-corrected chi connectivity index (χ0v) is 30.1. The molecular formula is C40H74BNO4. The second-order valence-electron chi connectivity index (χ2n) is 16.9. The van der Waals surface area contributed by atoms with Crippen LogP contribution < -0.4 is 0 Å². The fraction of sp³-hybridized carbons (Fsp3) is 1.00. The van der Waals surface area contributed by atoms with Gasteiger partial charge in [0.15, 0.2) is 0 Å². The van der Waals surface area contributed by atoms with Crippen LogP contribution in [0.4, 0.5) is 0 Å². The molecule has 0 bridgehead atoms. The Balaban J connectivity index is 0.000000209. The van der Waals surface area contributed by atoms with E-state index in [1.165, 1.54) is 128 Å². The van der Waals surface area contributed by atoms with Gasteiger partial charge in [-0.05, 0) is 107 Å². The maximum atomic E-state index is 9.68. The second kappa shape index (κ2) is 19.7. The number of hydrogen-bond acceptors (Lipinski definition) is 5. The van der Waals surface area contributed by atoms with Crippen LogP contribution in [-0.4, -0.2) is 50.0 Å². The molecule has 4 unspecified atom stereocenters. The van der Waals surface area contributed by atoms with Gasteiger partial charge in [0.1, 0.15) is 0 Å². The van der Waals surface area contributed by atoms with Crippen LogP contribution in [0.3, 0.4) is 0 Å².